The standard InChI is InChI=1S/C11H15FN2O2S/c12-11-5-9(7-13)4-10(6-11)8-14-2-1-3-17(14,15)16/h4-6H,1-3,7-8,13H2. The summed E-state index contributed by atoms with van der Waals surface area (Å²) in [6.07, 6.45) is 0.640. The van der Waals surface area contributed by atoms with E-state index in [2.05, 4.69) is 0 Å². The number of sulfonamides is 1. The fourth-order valence-electron chi connectivity index (χ4n) is 2.00. The summed E-state index contributed by atoms with van der Waals surface area (Å²) in [5.41, 5.74) is 6.78. The van der Waals surface area contributed by atoms with Crippen molar-refractivity contribution in [3.63, 3.8) is 0 Å². The van der Waals surface area contributed by atoms with Crippen LogP contribution in [0.2, 0.25) is 0 Å². The topological polar surface area (TPSA) is 63.4 Å². The van der Waals surface area contributed by atoms with Crippen molar-refractivity contribution >= 4 is 10.0 Å². The summed E-state index contributed by atoms with van der Waals surface area (Å²) in [7, 11) is -3.14. The van der Waals surface area contributed by atoms with Crippen molar-refractivity contribution in [2.75, 3.05) is 12.3 Å². The van der Waals surface area contributed by atoms with Crippen LogP contribution < -0.4 is 5.73 Å². The highest BCUT2D eigenvalue weighted by Crippen LogP contribution is 2.18. The van der Waals surface area contributed by atoms with Crippen LogP contribution >= 0.6 is 0 Å². The van der Waals surface area contributed by atoms with Gasteiger partial charge in [-0.2, -0.15) is 4.31 Å². The van der Waals surface area contributed by atoms with E-state index in [1.807, 2.05) is 0 Å². The molecule has 1 aliphatic heterocycles. The average molecular weight is 258 g/mol. The van der Waals surface area contributed by atoms with Gasteiger partial charge in [-0.3, -0.25) is 0 Å². The third kappa shape index (κ3) is 2.83. The van der Waals surface area contributed by atoms with E-state index in [9.17, 15) is 12.8 Å². The van der Waals surface area contributed by atoms with Gasteiger partial charge in [0.2, 0.25) is 10.0 Å². The molecule has 0 aromatic heterocycles. The summed E-state index contributed by atoms with van der Waals surface area (Å²) >= 11 is 0. The first-order valence-electron chi connectivity index (χ1n) is 5.47. The first-order chi connectivity index (χ1) is 8.01. The molecule has 0 unspecified atom stereocenters. The Balaban J connectivity index is 2.21. The molecule has 2 rings (SSSR count). The van der Waals surface area contributed by atoms with Gasteiger partial charge in [0.05, 0.1) is 5.75 Å². The molecule has 1 aromatic carbocycles. The number of rotatable bonds is 3. The van der Waals surface area contributed by atoms with Crippen molar-refractivity contribution in [2.24, 2.45) is 5.73 Å². The molecule has 94 valence electrons. The smallest absolute Gasteiger partial charge is 0.214 e. The molecular weight excluding hydrogens is 243 g/mol. The highest BCUT2D eigenvalue weighted by Gasteiger charge is 2.28. The van der Waals surface area contributed by atoms with Gasteiger partial charge >= 0.3 is 0 Å². The molecule has 1 heterocycles. The number of halogens is 1. The molecule has 0 radical (unpaired) electrons. The number of hydrogen-bond donors (Lipinski definition) is 1. The van der Waals surface area contributed by atoms with Crippen molar-refractivity contribution in [2.45, 2.75) is 19.5 Å². The molecule has 1 fully saturated rings. The molecule has 2 N–H and O–H groups in total. The zero-order valence-corrected chi connectivity index (χ0v) is 10.2. The maximum Gasteiger partial charge on any atom is 0.214 e. The third-order valence-corrected chi connectivity index (χ3v) is 4.72. The highest BCUT2D eigenvalue weighted by atomic mass is 32.2. The van der Waals surface area contributed by atoms with Gasteiger partial charge in [-0.05, 0) is 29.7 Å². The summed E-state index contributed by atoms with van der Waals surface area (Å²) in [6.45, 7) is 0.988. The van der Waals surface area contributed by atoms with Crippen LogP contribution in [0.1, 0.15) is 17.5 Å². The van der Waals surface area contributed by atoms with Crippen molar-refractivity contribution in [1.29, 1.82) is 0 Å². The molecule has 0 bridgehead atoms. The number of nitrogens with two attached hydrogens (primary N) is 1. The lowest BCUT2D eigenvalue weighted by Gasteiger charge is -2.14. The van der Waals surface area contributed by atoms with Crippen molar-refractivity contribution < 1.29 is 12.8 Å². The third-order valence-electron chi connectivity index (χ3n) is 2.82. The first-order valence-corrected chi connectivity index (χ1v) is 7.08. The van der Waals surface area contributed by atoms with Gasteiger partial charge in [0.25, 0.3) is 0 Å². The van der Waals surface area contributed by atoms with E-state index >= 15 is 0 Å². The number of benzene rings is 1. The molecule has 17 heavy (non-hydrogen) atoms. The normalized spacial score (nSPS) is 19.6. The Morgan fingerprint density at radius 1 is 1.29 bits per heavy atom. The van der Waals surface area contributed by atoms with Crippen LogP contribution in [0.25, 0.3) is 0 Å². The molecule has 0 spiro atoms. The first kappa shape index (κ1) is 12.5. The van der Waals surface area contributed by atoms with E-state index in [0.29, 0.717) is 24.1 Å². The molecular formula is C11H15FN2O2S. The van der Waals surface area contributed by atoms with E-state index in [1.165, 1.54) is 16.4 Å². The summed E-state index contributed by atoms with van der Waals surface area (Å²) in [6, 6.07) is 4.46. The minimum Gasteiger partial charge on any atom is -0.326 e. The molecule has 1 saturated heterocycles. The van der Waals surface area contributed by atoms with Gasteiger partial charge < -0.3 is 5.73 Å². The largest absolute Gasteiger partial charge is 0.326 e. The maximum absolute atomic E-state index is 13.3. The van der Waals surface area contributed by atoms with Gasteiger partial charge in [-0.15, -0.1) is 0 Å². The molecule has 6 heteroatoms. The zero-order valence-electron chi connectivity index (χ0n) is 9.39. The molecule has 0 aliphatic carbocycles. The van der Waals surface area contributed by atoms with Gasteiger partial charge in [-0.1, -0.05) is 6.07 Å². The van der Waals surface area contributed by atoms with Crippen LogP contribution in [0.4, 0.5) is 4.39 Å². The van der Waals surface area contributed by atoms with E-state index in [-0.39, 0.29) is 24.7 Å². The lowest BCUT2D eigenvalue weighted by molar-refractivity contribution is 0.438. The summed E-state index contributed by atoms with van der Waals surface area (Å²) in [5.74, 6) is -0.189. The van der Waals surface area contributed by atoms with E-state index in [1.54, 1.807) is 6.07 Å². The minimum absolute atomic E-state index is 0.187. The van der Waals surface area contributed by atoms with Gasteiger partial charge in [0.1, 0.15) is 5.82 Å². The summed E-state index contributed by atoms with van der Waals surface area (Å²) < 4.78 is 37.9. The molecule has 0 saturated carbocycles. The van der Waals surface area contributed by atoms with Crippen LogP contribution in [0.5, 0.6) is 0 Å². The van der Waals surface area contributed by atoms with Crippen LogP contribution in [-0.4, -0.2) is 25.0 Å². The van der Waals surface area contributed by atoms with Gasteiger partial charge in [0.15, 0.2) is 0 Å². The Labute approximate surface area is 100 Å². The van der Waals surface area contributed by atoms with Crippen LogP contribution in [-0.2, 0) is 23.1 Å². The number of nitrogens with zero attached hydrogens (tertiary/aromatic N) is 1. The van der Waals surface area contributed by atoms with Gasteiger partial charge in [-0.25, -0.2) is 12.8 Å². The minimum atomic E-state index is -3.14. The van der Waals surface area contributed by atoms with Crippen molar-refractivity contribution in [1.82, 2.24) is 4.31 Å². The highest BCUT2D eigenvalue weighted by molar-refractivity contribution is 7.89. The fraction of sp³-hybridized carbons (Fsp3) is 0.455. The SMILES string of the molecule is NCc1cc(F)cc(CN2CCCS2(=O)=O)c1. The monoisotopic (exact) mass is 258 g/mol. The van der Waals surface area contributed by atoms with Crippen molar-refractivity contribution in [3.8, 4) is 0 Å². The maximum atomic E-state index is 13.3. The Morgan fingerprint density at radius 3 is 2.59 bits per heavy atom. The second-order valence-electron chi connectivity index (χ2n) is 4.17. The van der Waals surface area contributed by atoms with Gasteiger partial charge in [0, 0.05) is 19.6 Å². The Hall–Kier alpha value is -0.980. The Morgan fingerprint density at radius 2 is 2.00 bits per heavy atom. The quantitative estimate of drug-likeness (QED) is 0.873. The fourth-order valence-corrected chi connectivity index (χ4v) is 3.50. The second kappa shape index (κ2) is 4.72. The summed E-state index contributed by atoms with van der Waals surface area (Å²) in [5, 5.41) is 0. The zero-order chi connectivity index (χ0) is 12.5. The van der Waals surface area contributed by atoms with E-state index in [0.717, 1.165) is 0 Å². The number of hydrogen-bond acceptors (Lipinski definition) is 3. The van der Waals surface area contributed by atoms with Crippen molar-refractivity contribution in [3.05, 3.63) is 35.1 Å². The average Bonchev–Trinajstić information content (AvgIpc) is 2.57. The predicted molar refractivity (Wildman–Crippen MR) is 63.1 cm³/mol. The molecule has 4 nitrogen and oxygen atoms in total. The lowest BCUT2D eigenvalue weighted by Crippen LogP contribution is -2.25. The molecule has 1 aromatic rings. The lowest BCUT2D eigenvalue weighted by atomic mass is 10.1. The molecule has 1 aliphatic rings. The second-order valence-corrected chi connectivity index (χ2v) is 6.26. The molecule has 0 atom stereocenters. The van der Waals surface area contributed by atoms with E-state index in [4.69, 9.17) is 5.73 Å². The predicted octanol–water partition coefficient (Wildman–Crippen LogP) is 0.820. The van der Waals surface area contributed by atoms with Crippen LogP contribution in [0.3, 0.4) is 0 Å². The molecule has 0 amide bonds. The van der Waals surface area contributed by atoms with Crippen LogP contribution in [0.15, 0.2) is 18.2 Å². The Kier molecular flexibility index (Phi) is 3.46. The van der Waals surface area contributed by atoms with E-state index < -0.39 is 10.0 Å². The van der Waals surface area contributed by atoms with Crippen LogP contribution in [0, 0.1) is 5.82 Å². The summed E-state index contributed by atoms with van der Waals surface area (Å²) in [4.78, 5) is 0. The Bertz CT molecular complexity index is 516.